The molecule has 2 aromatic carbocycles. The van der Waals surface area contributed by atoms with Gasteiger partial charge in [-0.25, -0.2) is 0 Å². The maximum absolute atomic E-state index is 12.6. The lowest BCUT2D eigenvalue weighted by Crippen LogP contribution is -2.28. The van der Waals surface area contributed by atoms with Crippen molar-refractivity contribution < 1.29 is 14.3 Å². The molecule has 23 heavy (non-hydrogen) atoms. The summed E-state index contributed by atoms with van der Waals surface area (Å²) in [5.41, 5.74) is 1.94. The molecule has 1 saturated heterocycles. The molecule has 1 aliphatic heterocycles. The van der Waals surface area contributed by atoms with Gasteiger partial charge >= 0.3 is 0 Å². The Morgan fingerprint density at radius 1 is 1.04 bits per heavy atom. The summed E-state index contributed by atoms with van der Waals surface area (Å²) >= 11 is 0. The Balaban J connectivity index is 1.69. The molecule has 1 fully saturated rings. The first-order chi connectivity index (χ1) is 11.2. The number of hydrogen-bond acceptors (Lipinski definition) is 3. The lowest BCUT2D eigenvalue weighted by atomic mass is 9.98. The molecule has 1 heterocycles. The number of ether oxygens (including phenoxy) is 2. The van der Waals surface area contributed by atoms with E-state index in [-0.39, 0.29) is 5.91 Å². The number of rotatable bonds is 4. The van der Waals surface area contributed by atoms with Crippen molar-refractivity contribution in [1.29, 1.82) is 0 Å². The smallest absolute Gasteiger partial charge is 0.254 e. The average molecular weight is 311 g/mol. The number of nitrogens with zero attached hydrogens (tertiary/aromatic N) is 1. The van der Waals surface area contributed by atoms with Crippen LogP contribution in [-0.4, -0.2) is 38.1 Å². The summed E-state index contributed by atoms with van der Waals surface area (Å²) in [6.45, 7) is 1.54. The summed E-state index contributed by atoms with van der Waals surface area (Å²) in [7, 11) is 3.28. The fraction of sp³-hybridized carbons (Fsp3) is 0.316. The molecule has 1 atom stereocenters. The predicted molar refractivity (Wildman–Crippen MR) is 89.2 cm³/mol. The standard InChI is InChI=1S/C19H21NO3/c1-22-17-8-6-14(7-9-17)16-10-11-20(13-16)19(21)15-4-3-5-18(12-15)23-2/h3-9,12,16H,10-11,13H2,1-2H3/t16-/m1/s1. The normalized spacial score (nSPS) is 17.1. The van der Waals surface area contributed by atoms with Crippen LogP contribution in [0.2, 0.25) is 0 Å². The third kappa shape index (κ3) is 3.31. The maximum atomic E-state index is 12.6. The number of hydrogen-bond donors (Lipinski definition) is 0. The second kappa shape index (κ2) is 6.73. The Morgan fingerprint density at radius 2 is 1.78 bits per heavy atom. The van der Waals surface area contributed by atoms with Gasteiger partial charge in [-0.05, 0) is 42.3 Å². The molecule has 0 bridgehead atoms. The van der Waals surface area contributed by atoms with Crippen LogP contribution in [-0.2, 0) is 0 Å². The van der Waals surface area contributed by atoms with Gasteiger partial charge in [-0.2, -0.15) is 0 Å². The van der Waals surface area contributed by atoms with Crippen LogP contribution >= 0.6 is 0 Å². The van der Waals surface area contributed by atoms with E-state index in [1.807, 2.05) is 35.2 Å². The van der Waals surface area contributed by atoms with E-state index in [4.69, 9.17) is 9.47 Å². The molecule has 1 amide bonds. The fourth-order valence-corrected chi connectivity index (χ4v) is 3.03. The van der Waals surface area contributed by atoms with Crippen LogP contribution in [0.5, 0.6) is 11.5 Å². The average Bonchev–Trinajstić information content (AvgIpc) is 3.11. The van der Waals surface area contributed by atoms with Crippen molar-refractivity contribution in [3.8, 4) is 11.5 Å². The van der Waals surface area contributed by atoms with E-state index in [2.05, 4.69) is 12.1 Å². The van der Waals surface area contributed by atoms with E-state index in [1.165, 1.54) is 5.56 Å². The Bertz CT molecular complexity index is 681. The minimum atomic E-state index is 0.0694. The number of methoxy groups -OCH3 is 2. The van der Waals surface area contributed by atoms with Crippen LogP contribution in [0, 0.1) is 0 Å². The van der Waals surface area contributed by atoms with E-state index in [0.29, 0.717) is 17.2 Å². The summed E-state index contributed by atoms with van der Waals surface area (Å²) in [6, 6.07) is 15.5. The monoisotopic (exact) mass is 311 g/mol. The van der Waals surface area contributed by atoms with Crippen LogP contribution in [0.3, 0.4) is 0 Å². The number of amides is 1. The minimum absolute atomic E-state index is 0.0694. The predicted octanol–water partition coefficient (Wildman–Crippen LogP) is 3.33. The van der Waals surface area contributed by atoms with Gasteiger partial charge in [0.2, 0.25) is 0 Å². The van der Waals surface area contributed by atoms with Gasteiger partial charge in [0.15, 0.2) is 0 Å². The molecule has 3 rings (SSSR count). The molecule has 0 N–H and O–H groups in total. The summed E-state index contributed by atoms with van der Waals surface area (Å²) in [6.07, 6.45) is 0.988. The fourth-order valence-electron chi connectivity index (χ4n) is 3.03. The van der Waals surface area contributed by atoms with Crippen molar-refractivity contribution >= 4 is 5.91 Å². The first-order valence-corrected chi connectivity index (χ1v) is 7.78. The van der Waals surface area contributed by atoms with Crippen molar-refractivity contribution in [2.75, 3.05) is 27.3 Å². The van der Waals surface area contributed by atoms with Gasteiger partial charge in [-0.1, -0.05) is 18.2 Å². The summed E-state index contributed by atoms with van der Waals surface area (Å²) in [4.78, 5) is 14.6. The summed E-state index contributed by atoms with van der Waals surface area (Å²) in [5, 5.41) is 0. The lowest BCUT2D eigenvalue weighted by molar-refractivity contribution is 0.0790. The molecule has 0 aliphatic carbocycles. The third-order valence-corrected chi connectivity index (χ3v) is 4.38. The molecular weight excluding hydrogens is 290 g/mol. The van der Waals surface area contributed by atoms with Crippen LogP contribution in [0.1, 0.15) is 28.3 Å². The zero-order valence-electron chi connectivity index (χ0n) is 13.5. The second-order valence-electron chi connectivity index (χ2n) is 5.74. The first kappa shape index (κ1) is 15.4. The van der Waals surface area contributed by atoms with Crippen LogP contribution in [0.4, 0.5) is 0 Å². The summed E-state index contributed by atoms with van der Waals surface area (Å²) < 4.78 is 10.4. The summed E-state index contributed by atoms with van der Waals surface area (Å²) in [5.74, 6) is 2.02. The number of carbonyl (C=O) groups excluding carboxylic acids is 1. The molecule has 120 valence electrons. The second-order valence-corrected chi connectivity index (χ2v) is 5.74. The molecule has 2 aromatic rings. The number of carbonyl (C=O) groups is 1. The van der Waals surface area contributed by atoms with Gasteiger partial charge in [0.1, 0.15) is 11.5 Å². The molecule has 4 heteroatoms. The van der Waals surface area contributed by atoms with Crippen molar-refractivity contribution in [2.45, 2.75) is 12.3 Å². The van der Waals surface area contributed by atoms with Crippen LogP contribution < -0.4 is 9.47 Å². The van der Waals surface area contributed by atoms with E-state index < -0.39 is 0 Å². The number of likely N-dealkylation sites (tertiary alicyclic amines) is 1. The Labute approximate surface area is 136 Å². The van der Waals surface area contributed by atoms with Crippen molar-refractivity contribution in [3.63, 3.8) is 0 Å². The zero-order valence-corrected chi connectivity index (χ0v) is 13.5. The van der Waals surface area contributed by atoms with Gasteiger partial charge in [-0.15, -0.1) is 0 Å². The van der Waals surface area contributed by atoms with E-state index >= 15 is 0 Å². The highest BCUT2D eigenvalue weighted by Gasteiger charge is 2.28. The van der Waals surface area contributed by atoms with Crippen molar-refractivity contribution in [2.24, 2.45) is 0 Å². The lowest BCUT2D eigenvalue weighted by Gasteiger charge is -2.17. The van der Waals surface area contributed by atoms with Gasteiger partial charge in [0.25, 0.3) is 5.91 Å². The van der Waals surface area contributed by atoms with Crippen molar-refractivity contribution in [3.05, 3.63) is 59.7 Å². The van der Waals surface area contributed by atoms with Crippen LogP contribution in [0.15, 0.2) is 48.5 Å². The SMILES string of the molecule is COc1ccc([C@@H]2CCN(C(=O)c3cccc(OC)c3)C2)cc1. The largest absolute Gasteiger partial charge is 0.497 e. The Hall–Kier alpha value is -2.49. The molecule has 4 nitrogen and oxygen atoms in total. The van der Waals surface area contributed by atoms with E-state index in [0.717, 1.165) is 25.3 Å². The molecule has 0 radical (unpaired) electrons. The highest BCUT2D eigenvalue weighted by molar-refractivity contribution is 5.94. The molecule has 0 saturated carbocycles. The zero-order chi connectivity index (χ0) is 16.2. The maximum Gasteiger partial charge on any atom is 0.254 e. The van der Waals surface area contributed by atoms with E-state index in [9.17, 15) is 4.79 Å². The molecule has 1 aliphatic rings. The minimum Gasteiger partial charge on any atom is -0.497 e. The molecule has 0 unspecified atom stereocenters. The van der Waals surface area contributed by atoms with Gasteiger partial charge in [0.05, 0.1) is 14.2 Å². The van der Waals surface area contributed by atoms with Gasteiger partial charge in [0, 0.05) is 24.6 Å². The first-order valence-electron chi connectivity index (χ1n) is 7.78. The van der Waals surface area contributed by atoms with Gasteiger partial charge in [-0.3, -0.25) is 4.79 Å². The molecular formula is C19H21NO3. The molecule has 0 aromatic heterocycles. The number of benzene rings is 2. The van der Waals surface area contributed by atoms with Crippen LogP contribution in [0.25, 0.3) is 0 Å². The topological polar surface area (TPSA) is 38.8 Å². The third-order valence-electron chi connectivity index (χ3n) is 4.38. The Morgan fingerprint density at radius 3 is 2.48 bits per heavy atom. The highest BCUT2D eigenvalue weighted by atomic mass is 16.5. The highest BCUT2D eigenvalue weighted by Crippen LogP contribution is 2.29. The van der Waals surface area contributed by atoms with Gasteiger partial charge < -0.3 is 14.4 Å². The quantitative estimate of drug-likeness (QED) is 0.869. The molecule has 0 spiro atoms. The van der Waals surface area contributed by atoms with E-state index in [1.54, 1.807) is 20.3 Å². The Kier molecular flexibility index (Phi) is 4.51. The van der Waals surface area contributed by atoms with Crippen molar-refractivity contribution in [1.82, 2.24) is 4.90 Å².